The molecule has 1 spiro atoms. The molecule has 1 aliphatic carbocycles. The zero-order valence-corrected chi connectivity index (χ0v) is 14.6. The van der Waals surface area contributed by atoms with Gasteiger partial charge in [-0.2, -0.15) is 0 Å². The number of nitrogens with one attached hydrogen (secondary N) is 2. The number of likely N-dealkylation sites (tertiary alicyclic amines) is 1. The van der Waals surface area contributed by atoms with Crippen LogP contribution in [0.4, 0.5) is 0 Å². The minimum atomic E-state index is 0.121. The molecule has 1 unspecified atom stereocenters. The minimum absolute atomic E-state index is 0.121. The van der Waals surface area contributed by atoms with Gasteiger partial charge in [0.05, 0.1) is 6.54 Å². The number of nitrogens with zero attached hydrogens (tertiary/aromatic N) is 3. The van der Waals surface area contributed by atoms with Crippen molar-refractivity contribution in [2.24, 2.45) is 10.4 Å². The molecule has 0 bridgehead atoms. The van der Waals surface area contributed by atoms with Crippen molar-refractivity contribution in [2.45, 2.75) is 45.1 Å². The zero-order valence-electron chi connectivity index (χ0n) is 14.6. The van der Waals surface area contributed by atoms with Gasteiger partial charge in [-0.05, 0) is 39.7 Å². The predicted molar refractivity (Wildman–Crippen MR) is 92.5 cm³/mol. The van der Waals surface area contributed by atoms with Gasteiger partial charge >= 0.3 is 0 Å². The van der Waals surface area contributed by atoms with Crippen LogP contribution in [0.25, 0.3) is 0 Å². The smallest absolute Gasteiger partial charge is 0.220 e. The third kappa shape index (κ3) is 4.16. The molecule has 0 radical (unpaired) electrons. The van der Waals surface area contributed by atoms with Crippen molar-refractivity contribution in [3.8, 4) is 0 Å². The van der Waals surface area contributed by atoms with E-state index in [-0.39, 0.29) is 11.3 Å². The van der Waals surface area contributed by atoms with E-state index >= 15 is 0 Å². The molecule has 23 heavy (non-hydrogen) atoms. The first-order chi connectivity index (χ1) is 11.1. The Balaban J connectivity index is 1.58. The molecule has 2 aliphatic heterocycles. The third-order valence-electron chi connectivity index (χ3n) is 5.38. The molecule has 1 saturated carbocycles. The Morgan fingerprint density at radius 2 is 2.35 bits per heavy atom. The Morgan fingerprint density at radius 1 is 1.52 bits per heavy atom. The molecule has 0 aromatic rings. The highest BCUT2D eigenvalue weighted by molar-refractivity contribution is 5.81. The summed E-state index contributed by atoms with van der Waals surface area (Å²) in [5.74, 6) is 1.23. The molecule has 6 nitrogen and oxygen atoms in total. The second-order valence-corrected chi connectivity index (χ2v) is 7.43. The number of piperidine rings is 1. The second-order valence-electron chi connectivity index (χ2n) is 7.43. The van der Waals surface area contributed by atoms with Crippen LogP contribution in [-0.4, -0.2) is 74.0 Å². The summed E-state index contributed by atoms with van der Waals surface area (Å²) in [4.78, 5) is 21.3. The fraction of sp³-hybridized carbons (Fsp3) is 0.882. The van der Waals surface area contributed by atoms with Crippen molar-refractivity contribution >= 4 is 11.9 Å². The van der Waals surface area contributed by atoms with Crippen molar-refractivity contribution < 1.29 is 4.79 Å². The SMILES string of the molecule is CCNC(=NCCN(C)C1CC1)N1CCCC2(CNC(=O)C2)C1. The van der Waals surface area contributed by atoms with Crippen LogP contribution in [0.1, 0.15) is 39.0 Å². The number of likely N-dealkylation sites (N-methyl/N-ethyl adjacent to an activating group) is 1. The van der Waals surface area contributed by atoms with E-state index in [1.165, 1.54) is 12.8 Å². The van der Waals surface area contributed by atoms with Crippen molar-refractivity contribution in [1.82, 2.24) is 20.4 Å². The molecule has 0 aromatic carbocycles. The van der Waals surface area contributed by atoms with E-state index < -0.39 is 0 Å². The maximum absolute atomic E-state index is 11.7. The van der Waals surface area contributed by atoms with Gasteiger partial charge in [-0.15, -0.1) is 0 Å². The van der Waals surface area contributed by atoms with Crippen LogP contribution in [0.2, 0.25) is 0 Å². The highest BCUT2D eigenvalue weighted by Crippen LogP contribution is 2.36. The largest absolute Gasteiger partial charge is 0.357 e. The number of guanidine groups is 1. The van der Waals surface area contributed by atoms with E-state index in [2.05, 4.69) is 34.4 Å². The van der Waals surface area contributed by atoms with E-state index in [1.54, 1.807) is 0 Å². The molecule has 0 aromatic heterocycles. The first-order valence-corrected chi connectivity index (χ1v) is 9.12. The lowest BCUT2D eigenvalue weighted by Crippen LogP contribution is -2.51. The van der Waals surface area contributed by atoms with E-state index in [9.17, 15) is 4.79 Å². The summed E-state index contributed by atoms with van der Waals surface area (Å²) < 4.78 is 0. The molecule has 1 atom stereocenters. The Labute approximate surface area is 139 Å². The number of hydrogen-bond donors (Lipinski definition) is 2. The predicted octanol–water partition coefficient (Wildman–Crippen LogP) is 0.648. The number of rotatable bonds is 5. The molecular formula is C17H31N5O. The summed E-state index contributed by atoms with van der Waals surface area (Å²) in [7, 11) is 2.20. The lowest BCUT2D eigenvalue weighted by Gasteiger charge is -2.40. The fourth-order valence-electron chi connectivity index (χ4n) is 3.87. The number of amides is 1. The van der Waals surface area contributed by atoms with Crippen molar-refractivity contribution in [3.63, 3.8) is 0 Å². The number of carbonyl (C=O) groups excluding carboxylic acids is 1. The summed E-state index contributed by atoms with van der Waals surface area (Å²) in [6.07, 6.45) is 5.65. The summed E-state index contributed by atoms with van der Waals surface area (Å²) in [6.45, 7) is 7.68. The summed E-state index contributed by atoms with van der Waals surface area (Å²) in [6, 6.07) is 0.793. The molecule has 3 aliphatic rings. The highest BCUT2D eigenvalue weighted by atomic mass is 16.1. The molecular weight excluding hydrogens is 290 g/mol. The number of carbonyl (C=O) groups is 1. The van der Waals surface area contributed by atoms with Gasteiger partial charge in [-0.3, -0.25) is 9.79 Å². The van der Waals surface area contributed by atoms with E-state index in [1.807, 2.05) is 0 Å². The van der Waals surface area contributed by atoms with Gasteiger partial charge in [0.15, 0.2) is 5.96 Å². The summed E-state index contributed by atoms with van der Waals surface area (Å²) >= 11 is 0. The molecule has 2 saturated heterocycles. The van der Waals surface area contributed by atoms with Crippen molar-refractivity contribution in [2.75, 3.05) is 46.3 Å². The Morgan fingerprint density at radius 3 is 3.00 bits per heavy atom. The van der Waals surface area contributed by atoms with Gasteiger partial charge in [-0.25, -0.2) is 0 Å². The van der Waals surface area contributed by atoms with Gasteiger partial charge in [0.25, 0.3) is 0 Å². The Kier molecular flexibility index (Phi) is 5.09. The van der Waals surface area contributed by atoms with Gasteiger partial charge in [0, 0.05) is 50.6 Å². The normalized spacial score (nSPS) is 28.6. The van der Waals surface area contributed by atoms with Crippen LogP contribution < -0.4 is 10.6 Å². The summed E-state index contributed by atoms with van der Waals surface area (Å²) in [5.41, 5.74) is 0.121. The van der Waals surface area contributed by atoms with Gasteiger partial charge < -0.3 is 20.4 Å². The Hall–Kier alpha value is -1.30. The van der Waals surface area contributed by atoms with Crippen LogP contribution in [0.15, 0.2) is 4.99 Å². The Bertz CT molecular complexity index is 462. The monoisotopic (exact) mass is 321 g/mol. The molecule has 6 heteroatoms. The average Bonchev–Trinajstić information content (AvgIpc) is 3.32. The molecule has 2 heterocycles. The molecule has 2 N–H and O–H groups in total. The fourth-order valence-corrected chi connectivity index (χ4v) is 3.87. The molecule has 130 valence electrons. The van der Waals surface area contributed by atoms with Crippen LogP contribution >= 0.6 is 0 Å². The van der Waals surface area contributed by atoms with Gasteiger partial charge in [0.2, 0.25) is 5.91 Å². The lowest BCUT2D eigenvalue weighted by molar-refractivity contribution is -0.119. The van der Waals surface area contributed by atoms with Crippen LogP contribution in [0.5, 0.6) is 0 Å². The number of aliphatic imine (C=N–C) groups is 1. The highest BCUT2D eigenvalue weighted by Gasteiger charge is 2.42. The lowest BCUT2D eigenvalue weighted by atomic mass is 9.79. The third-order valence-corrected chi connectivity index (χ3v) is 5.38. The average molecular weight is 321 g/mol. The van der Waals surface area contributed by atoms with Crippen LogP contribution in [-0.2, 0) is 4.79 Å². The maximum Gasteiger partial charge on any atom is 0.220 e. The van der Waals surface area contributed by atoms with E-state index in [0.717, 1.165) is 64.1 Å². The van der Waals surface area contributed by atoms with Gasteiger partial charge in [0.1, 0.15) is 0 Å². The molecule has 1 amide bonds. The van der Waals surface area contributed by atoms with Crippen molar-refractivity contribution in [1.29, 1.82) is 0 Å². The van der Waals surface area contributed by atoms with Crippen LogP contribution in [0.3, 0.4) is 0 Å². The zero-order chi connectivity index (χ0) is 16.3. The van der Waals surface area contributed by atoms with Gasteiger partial charge in [-0.1, -0.05) is 0 Å². The standard InChI is InChI=1S/C17H31N5O/c1-3-18-16(19-8-10-21(2)14-5-6-14)22-9-4-7-17(13-22)11-15(23)20-12-17/h14H,3-13H2,1-2H3,(H,18,19)(H,20,23). The van der Waals surface area contributed by atoms with E-state index in [4.69, 9.17) is 4.99 Å². The van der Waals surface area contributed by atoms with Crippen LogP contribution in [0, 0.1) is 5.41 Å². The quantitative estimate of drug-likeness (QED) is 0.576. The topological polar surface area (TPSA) is 60.0 Å². The second kappa shape index (κ2) is 7.07. The van der Waals surface area contributed by atoms with E-state index in [0.29, 0.717) is 6.42 Å². The first kappa shape index (κ1) is 16.6. The molecule has 3 fully saturated rings. The minimum Gasteiger partial charge on any atom is -0.357 e. The summed E-state index contributed by atoms with van der Waals surface area (Å²) in [5, 5.41) is 6.46. The number of hydrogen-bond acceptors (Lipinski definition) is 3. The van der Waals surface area contributed by atoms with Crippen molar-refractivity contribution in [3.05, 3.63) is 0 Å². The molecule has 3 rings (SSSR count). The maximum atomic E-state index is 11.7. The first-order valence-electron chi connectivity index (χ1n) is 9.12.